The molecule has 0 aromatic heterocycles. The number of nitrogens with one attached hydrogen (secondary N) is 1. The summed E-state index contributed by atoms with van der Waals surface area (Å²) in [6.07, 6.45) is 0.340. The molecule has 1 saturated heterocycles. The van der Waals surface area contributed by atoms with E-state index in [9.17, 15) is 14.0 Å². The molecule has 1 fully saturated rings. The minimum absolute atomic E-state index is 0.0711. The number of carbonyl (C=O) groups is 2. The van der Waals surface area contributed by atoms with Crippen molar-refractivity contribution in [2.24, 2.45) is 0 Å². The SMILES string of the molecule is COc1ccc(CN(C)CN2C(=O)N[C@](Cc3ccccc3)(c3ccccc3)C2=O)cc1F. The summed E-state index contributed by atoms with van der Waals surface area (Å²) in [5.74, 6) is -0.594. The Kier molecular flexibility index (Phi) is 6.42. The van der Waals surface area contributed by atoms with Gasteiger partial charge in [-0.1, -0.05) is 66.7 Å². The third-order valence-electron chi connectivity index (χ3n) is 5.81. The van der Waals surface area contributed by atoms with E-state index in [4.69, 9.17) is 4.74 Å². The van der Waals surface area contributed by atoms with E-state index in [1.165, 1.54) is 18.1 Å². The maximum atomic E-state index is 14.1. The molecule has 0 bridgehead atoms. The maximum absolute atomic E-state index is 14.1. The van der Waals surface area contributed by atoms with Crippen LogP contribution >= 0.6 is 0 Å². The fourth-order valence-corrected chi connectivity index (χ4v) is 4.21. The molecular formula is C26H26FN3O3. The Morgan fingerprint density at radius 2 is 1.64 bits per heavy atom. The van der Waals surface area contributed by atoms with Crippen LogP contribution in [0.2, 0.25) is 0 Å². The zero-order valence-electron chi connectivity index (χ0n) is 18.6. The lowest BCUT2D eigenvalue weighted by Crippen LogP contribution is -2.46. The number of imide groups is 1. The molecule has 1 atom stereocenters. The Balaban J connectivity index is 1.57. The van der Waals surface area contributed by atoms with Crippen molar-refractivity contribution in [1.29, 1.82) is 0 Å². The number of hydrogen-bond donors (Lipinski definition) is 1. The van der Waals surface area contributed by atoms with Gasteiger partial charge in [0.15, 0.2) is 17.1 Å². The molecule has 1 aliphatic heterocycles. The maximum Gasteiger partial charge on any atom is 0.326 e. The number of carbonyl (C=O) groups excluding carboxylic acids is 2. The summed E-state index contributed by atoms with van der Waals surface area (Å²) in [5, 5.41) is 2.96. The average molecular weight is 448 g/mol. The van der Waals surface area contributed by atoms with Crippen molar-refractivity contribution in [3.8, 4) is 5.75 Å². The van der Waals surface area contributed by atoms with Crippen LogP contribution in [0.3, 0.4) is 0 Å². The van der Waals surface area contributed by atoms with Gasteiger partial charge >= 0.3 is 6.03 Å². The molecule has 0 radical (unpaired) electrons. The van der Waals surface area contributed by atoms with Gasteiger partial charge in [-0.25, -0.2) is 14.1 Å². The van der Waals surface area contributed by atoms with Crippen molar-refractivity contribution >= 4 is 11.9 Å². The van der Waals surface area contributed by atoms with Crippen molar-refractivity contribution in [1.82, 2.24) is 15.1 Å². The summed E-state index contributed by atoms with van der Waals surface area (Å²) >= 11 is 0. The minimum Gasteiger partial charge on any atom is -0.494 e. The van der Waals surface area contributed by atoms with Gasteiger partial charge in [0.05, 0.1) is 13.8 Å². The summed E-state index contributed by atoms with van der Waals surface area (Å²) in [6, 6.07) is 23.2. The summed E-state index contributed by atoms with van der Waals surface area (Å²) in [5.41, 5.74) is 1.20. The number of methoxy groups -OCH3 is 1. The van der Waals surface area contributed by atoms with E-state index >= 15 is 0 Å². The van der Waals surface area contributed by atoms with Crippen LogP contribution in [0.1, 0.15) is 16.7 Å². The van der Waals surface area contributed by atoms with Gasteiger partial charge in [0, 0.05) is 13.0 Å². The van der Waals surface area contributed by atoms with Crippen LogP contribution < -0.4 is 10.1 Å². The van der Waals surface area contributed by atoms with E-state index in [0.717, 1.165) is 11.1 Å². The monoisotopic (exact) mass is 447 g/mol. The number of hydrogen-bond acceptors (Lipinski definition) is 4. The normalized spacial score (nSPS) is 18.0. The number of halogens is 1. The number of benzene rings is 3. The van der Waals surface area contributed by atoms with Gasteiger partial charge in [-0.15, -0.1) is 0 Å². The standard InChI is InChI=1S/C26H26FN3O3/c1-29(17-20-13-14-23(33-2)22(27)15-20)18-30-24(31)26(28-25(30)32,21-11-7-4-8-12-21)16-19-9-5-3-6-10-19/h3-15H,16-18H2,1-2H3,(H,28,32)/t26-/m1/s1. The van der Waals surface area contributed by atoms with Gasteiger partial charge in [-0.05, 0) is 35.9 Å². The molecule has 7 heteroatoms. The largest absolute Gasteiger partial charge is 0.494 e. The smallest absolute Gasteiger partial charge is 0.326 e. The molecule has 1 N–H and O–H groups in total. The van der Waals surface area contributed by atoms with Gasteiger partial charge < -0.3 is 10.1 Å². The Morgan fingerprint density at radius 3 is 2.27 bits per heavy atom. The van der Waals surface area contributed by atoms with Crippen molar-refractivity contribution < 1.29 is 18.7 Å². The highest BCUT2D eigenvalue weighted by atomic mass is 19.1. The summed E-state index contributed by atoms with van der Waals surface area (Å²) < 4.78 is 19.0. The first-order valence-electron chi connectivity index (χ1n) is 10.7. The minimum atomic E-state index is -1.19. The van der Waals surface area contributed by atoms with Gasteiger partial charge in [-0.3, -0.25) is 9.69 Å². The third kappa shape index (κ3) is 4.59. The predicted molar refractivity (Wildman–Crippen MR) is 123 cm³/mol. The second-order valence-electron chi connectivity index (χ2n) is 8.22. The van der Waals surface area contributed by atoms with Gasteiger partial charge in [0.1, 0.15) is 0 Å². The fraction of sp³-hybridized carbons (Fsp3) is 0.231. The molecule has 170 valence electrons. The number of amides is 3. The lowest BCUT2D eigenvalue weighted by Gasteiger charge is -2.28. The van der Waals surface area contributed by atoms with Crippen LogP contribution in [-0.2, 0) is 23.3 Å². The highest BCUT2D eigenvalue weighted by molar-refractivity contribution is 6.07. The average Bonchev–Trinajstić information content (AvgIpc) is 3.05. The van der Waals surface area contributed by atoms with E-state index in [1.807, 2.05) is 60.7 Å². The molecule has 3 aromatic carbocycles. The summed E-state index contributed by atoms with van der Waals surface area (Å²) in [6.45, 7) is 0.427. The molecule has 3 amide bonds. The first kappa shape index (κ1) is 22.5. The Hall–Kier alpha value is -3.71. The van der Waals surface area contributed by atoms with Crippen LogP contribution in [0.15, 0.2) is 78.9 Å². The van der Waals surface area contributed by atoms with Crippen molar-refractivity contribution in [2.45, 2.75) is 18.5 Å². The quantitative estimate of drug-likeness (QED) is 0.532. The Labute approximate surface area is 192 Å². The van der Waals surface area contributed by atoms with Gasteiger partial charge in [0.2, 0.25) is 0 Å². The number of ether oxygens (including phenoxy) is 1. The zero-order valence-corrected chi connectivity index (χ0v) is 18.6. The molecule has 1 heterocycles. The van der Waals surface area contributed by atoms with Crippen LogP contribution in [-0.4, -0.2) is 42.6 Å². The second-order valence-corrected chi connectivity index (χ2v) is 8.22. The molecule has 0 spiro atoms. The molecule has 1 aliphatic rings. The first-order valence-corrected chi connectivity index (χ1v) is 10.7. The predicted octanol–water partition coefficient (Wildman–Crippen LogP) is 3.91. The molecular weight excluding hydrogens is 421 g/mol. The number of nitrogens with zero attached hydrogens (tertiary/aromatic N) is 2. The first-order chi connectivity index (χ1) is 15.9. The summed E-state index contributed by atoms with van der Waals surface area (Å²) in [7, 11) is 3.19. The van der Waals surface area contributed by atoms with Crippen molar-refractivity contribution in [3.05, 3.63) is 101 Å². The van der Waals surface area contributed by atoms with E-state index in [0.29, 0.717) is 18.5 Å². The van der Waals surface area contributed by atoms with Crippen LogP contribution in [0.5, 0.6) is 5.75 Å². The number of urea groups is 1. The molecule has 4 rings (SSSR count). The Bertz CT molecular complexity index is 1140. The second kappa shape index (κ2) is 9.42. The third-order valence-corrected chi connectivity index (χ3v) is 5.81. The van der Waals surface area contributed by atoms with Crippen LogP contribution in [0.4, 0.5) is 9.18 Å². The fourth-order valence-electron chi connectivity index (χ4n) is 4.21. The van der Waals surface area contributed by atoms with Crippen molar-refractivity contribution in [2.75, 3.05) is 20.8 Å². The van der Waals surface area contributed by atoms with E-state index in [1.54, 1.807) is 24.1 Å². The van der Waals surface area contributed by atoms with Crippen LogP contribution in [0.25, 0.3) is 0 Å². The number of rotatable bonds is 8. The van der Waals surface area contributed by atoms with Crippen LogP contribution in [0, 0.1) is 5.82 Å². The highest BCUT2D eigenvalue weighted by Gasteiger charge is 2.52. The van der Waals surface area contributed by atoms with E-state index in [-0.39, 0.29) is 18.3 Å². The highest BCUT2D eigenvalue weighted by Crippen LogP contribution is 2.33. The summed E-state index contributed by atoms with van der Waals surface area (Å²) in [4.78, 5) is 29.7. The lowest BCUT2D eigenvalue weighted by molar-refractivity contribution is -0.133. The van der Waals surface area contributed by atoms with Gasteiger partial charge in [0.25, 0.3) is 5.91 Å². The zero-order chi connectivity index (χ0) is 23.4. The van der Waals surface area contributed by atoms with Gasteiger partial charge in [-0.2, -0.15) is 0 Å². The molecule has 33 heavy (non-hydrogen) atoms. The molecule has 0 saturated carbocycles. The van der Waals surface area contributed by atoms with E-state index < -0.39 is 17.4 Å². The Morgan fingerprint density at radius 1 is 0.970 bits per heavy atom. The molecule has 3 aromatic rings. The topological polar surface area (TPSA) is 61.9 Å². The molecule has 6 nitrogen and oxygen atoms in total. The molecule has 0 aliphatic carbocycles. The van der Waals surface area contributed by atoms with Crippen molar-refractivity contribution in [3.63, 3.8) is 0 Å². The van der Waals surface area contributed by atoms with E-state index in [2.05, 4.69) is 5.32 Å². The lowest BCUT2D eigenvalue weighted by atomic mass is 9.83. The molecule has 0 unspecified atom stereocenters.